The summed E-state index contributed by atoms with van der Waals surface area (Å²) in [5.41, 5.74) is -0.619. The van der Waals surface area contributed by atoms with Gasteiger partial charge in [-0.05, 0) is 37.8 Å². The number of carbonyl (C=O) groups is 2. The Morgan fingerprint density at radius 3 is 2.61 bits per heavy atom. The lowest BCUT2D eigenvalue weighted by Crippen LogP contribution is -2.62. The van der Waals surface area contributed by atoms with Crippen LogP contribution in [0.15, 0.2) is 28.8 Å². The number of alkyl halides is 3. The highest BCUT2D eigenvalue weighted by Gasteiger charge is 2.51. The van der Waals surface area contributed by atoms with Crippen LogP contribution in [-0.4, -0.2) is 44.0 Å². The maximum atomic E-state index is 13.1. The molecular formula is C21H21F3N4O3. The minimum absolute atomic E-state index is 0.0286. The maximum Gasteiger partial charge on any atom is 0.416 e. The maximum absolute atomic E-state index is 13.1. The predicted octanol–water partition coefficient (Wildman–Crippen LogP) is 4.24. The molecule has 7 nitrogen and oxygen atoms in total. The number of urea groups is 1. The van der Waals surface area contributed by atoms with Gasteiger partial charge in [0, 0.05) is 17.6 Å². The van der Waals surface area contributed by atoms with Gasteiger partial charge < -0.3 is 9.42 Å². The highest BCUT2D eigenvalue weighted by molar-refractivity contribution is 5.99. The number of halogens is 3. The summed E-state index contributed by atoms with van der Waals surface area (Å²) in [6, 6.07) is 4.11. The van der Waals surface area contributed by atoms with E-state index in [2.05, 4.69) is 10.1 Å². The fourth-order valence-corrected chi connectivity index (χ4v) is 4.60. The van der Waals surface area contributed by atoms with Gasteiger partial charge in [0.15, 0.2) is 0 Å². The van der Waals surface area contributed by atoms with Crippen LogP contribution in [0.1, 0.15) is 50.0 Å². The summed E-state index contributed by atoms with van der Waals surface area (Å²) in [6.45, 7) is 0.0302. The summed E-state index contributed by atoms with van der Waals surface area (Å²) in [5.74, 6) is -0.141. The third-order valence-electron chi connectivity index (χ3n) is 6.27. The molecule has 1 saturated heterocycles. The summed E-state index contributed by atoms with van der Waals surface area (Å²) < 4.78 is 44.3. The molecule has 2 atom stereocenters. The van der Waals surface area contributed by atoms with Crippen molar-refractivity contribution in [1.29, 1.82) is 0 Å². The minimum atomic E-state index is -4.47. The molecule has 31 heavy (non-hydrogen) atoms. The molecule has 3 fully saturated rings. The summed E-state index contributed by atoms with van der Waals surface area (Å²) in [5, 5.41) is 3.81. The fraction of sp³-hybridized carbons (Fsp3) is 0.524. The van der Waals surface area contributed by atoms with E-state index < -0.39 is 11.7 Å². The van der Waals surface area contributed by atoms with E-state index in [9.17, 15) is 22.8 Å². The van der Waals surface area contributed by atoms with Crippen LogP contribution in [-0.2, 0) is 17.5 Å². The molecule has 164 valence electrons. The van der Waals surface area contributed by atoms with Crippen LogP contribution in [0, 0.1) is 5.92 Å². The summed E-state index contributed by atoms with van der Waals surface area (Å²) in [4.78, 5) is 33.3. The average molecular weight is 434 g/mol. The molecule has 2 saturated carbocycles. The van der Waals surface area contributed by atoms with Gasteiger partial charge in [-0.3, -0.25) is 9.69 Å². The van der Waals surface area contributed by atoms with Gasteiger partial charge in [-0.2, -0.15) is 18.2 Å². The Balaban J connectivity index is 1.40. The number of aromatic nitrogens is 2. The van der Waals surface area contributed by atoms with E-state index in [1.54, 1.807) is 4.90 Å². The number of imide groups is 1. The molecule has 2 aromatic rings. The average Bonchev–Trinajstić information content (AvgIpc) is 3.47. The van der Waals surface area contributed by atoms with Gasteiger partial charge in [0.2, 0.25) is 17.6 Å². The lowest BCUT2D eigenvalue weighted by Gasteiger charge is -2.46. The number of hydrogen-bond acceptors (Lipinski definition) is 5. The van der Waals surface area contributed by atoms with E-state index >= 15 is 0 Å². The van der Waals surface area contributed by atoms with Gasteiger partial charge in [0.1, 0.15) is 6.54 Å². The van der Waals surface area contributed by atoms with Gasteiger partial charge in [0.25, 0.3) is 0 Å². The van der Waals surface area contributed by atoms with E-state index in [0.717, 1.165) is 50.7 Å². The Bertz CT molecular complexity index is 1020. The van der Waals surface area contributed by atoms with Gasteiger partial charge in [-0.25, -0.2) is 4.79 Å². The Kier molecular flexibility index (Phi) is 4.75. The second-order valence-electron chi connectivity index (χ2n) is 8.40. The first-order chi connectivity index (χ1) is 14.8. The first-order valence-corrected chi connectivity index (χ1v) is 10.5. The largest absolute Gasteiger partial charge is 0.416 e. The van der Waals surface area contributed by atoms with Crippen molar-refractivity contribution in [1.82, 2.24) is 19.9 Å². The first-order valence-electron chi connectivity index (χ1n) is 10.5. The van der Waals surface area contributed by atoms with Crippen molar-refractivity contribution in [3.8, 4) is 11.4 Å². The topological polar surface area (TPSA) is 79.5 Å². The molecule has 1 aromatic heterocycles. The molecule has 10 heteroatoms. The monoisotopic (exact) mass is 434 g/mol. The summed E-state index contributed by atoms with van der Waals surface area (Å²) in [6.07, 6.45) is 0.531. The van der Waals surface area contributed by atoms with E-state index in [4.69, 9.17) is 4.52 Å². The van der Waals surface area contributed by atoms with Crippen LogP contribution >= 0.6 is 0 Å². The van der Waals surface area contributed by atoms with Crippen molar-refractivity contribution in [2.75, 3.05) is 0 Å². The molecule has 2 unspecified atom stereocenters. The molecule has 1 aliphatic heterocycles. The smallest absolute Gasteiger partial charge is 0.337 e. The Labute approximate surface area is 176 Å². The number of rotatable bonds is 4. The third-order valence-corrected chi connectivity index (χ3v) is 6.27. The molecule has 2 aliphatic carbocycles. The van der Waals surface area contributed by atoms with Gasteiger partial charge in [0.05, 0.1) is 11.5 Å². The molecule has 0 spiro atoms. The third kappa shape index (κ3) is 3.68. The van der Waals surface area contributed by atoms with Gasteiger partial charge in [-0.1, -0.05) is 30.1 Å². The Hall–Kier alpha value is -2.91. The SMILES string of the molecule is O=C1C2CCCCC2N(Cc2nc(-c3cccc(C(F)(F)F)c3)no2)C(=O)N1C1CC1. The zero-order valence-electron chi connectivity index (χ0n) is 16.6. The minimum Gasteiger partial charge on any atom is -0.337 e. The second-order valence-corrected chi connectivity index (χ2v) is 8.40. The Morgan fingerprint density at radius 2 is 1.87 bits per heavy atom. The van der Waals surface area contributed by atoms with Gasteiger partial charge in [-0.15, -0.1) is 0 Å². The van der Waals surface area contributed by atoms with E-state index in [1.807, 2.05) is 0 Å². The zero-order valence-corrected chi connectivity index (χ0v) is 16.6. The number of amides is 3. The molecule has 1 aromatic carbocycles. The highest BCUT2D eigenvalue weighted by atomic mass is 19.4. The predicted molar refractivity (Wildman–Crippen MR) is 101 cm³/mol. The van der Waals surface area contributed by atoms with Crippen LogP contribution < -0.4 is 0 Å². The quantitative estimate of drug-likeness (QED) is 0.719. The van der Waals surface area contributed by atoms with E-state index in [-0.39, 0.29) is 53.8 Å². The van der Waals surface area contributed by atoms with Crippen LogP contribution in [0.4, 0.5) is 18.0 Å². The second kappa shape index (κ2) is 7.35. The van der Waals surface area contributed by atoms with Crippen molar-refractivity contribution < 1.29 is 27.3 Å². The van der Waals surface area contributed by atoms with Crippen LogP contribution in [0.3, 0.4) is 0 Å². The first kappa shape index (κ1) is 20.0. The van der Waals surface area contributed by atoms with Crippen molar-refractivity contribution in [2.24, 2.45) is 5.92 Å². The van der Waals surface area contributed by atoms with Gasteiger partial charge >= 0.3 is 12.2 Å². The van der Waals surface area contributed by atoms with Crippen LogP contribution in [0.25, 0.3) is 11.4 Å². The number of hydrogen-bond donors (Lipinski definition) is 0. The molecular weight excluding hydrogens is 413 g/mol. The lowest BCUT2D eigenvalue weighted by atomic mass is 9.81. The van der Waals surface area contributed by atoms with Crippen LogP contribution in [0.2, 0.25) is 0 Å². The number of carbonyl (C=O) groups excluding carboxylic acids is 2. The van der Waals surface area contributed by atoms with Crippen molar-refractivity contribution in [3.63, 3.8) is 0 Å². The molecule has 5 rings (SSSR count). The fourth-order valence-electron chi connectivity index (χ4n) is 4.60. The lowest BCUT2D eigenvalue weighted by molar-refractivity contribution is -0.141. The van der Waals surface area contributed by atoms with Crippen LogP contribution in [0.5, 0.6) is 0 Å². The number of fused-ring (bicyclic) bond motifs is 1. The van der Waals surface area contributed by atoms with Crippen molar-refractivity contribution in [2.45, 2.75) is 63.3 Å². The standard InChI is InChI=1S/C21H21F3N4O3/c22-21(23,24)13-5-3-4-12(10-13)18-25-17(31-26-18)11-27-16-7-2-1-6-15(16)19(29)28(20(27)30)14-8-9-14/h3-5,10,14-16H,1-2,6-9,11H2. The molecule has 2 heterocycles. The molecule has 0 N–H and O–H groups in total. The summed E-state index contributed by atoms with van der Waals surface area (Å²) in [7, 11) is 0. The molecule has 0 radical (unpaired) electrons. The molecule has 3 amide bonds. The molecule has 0 bridgehead atoms. The van der Waals surface area contributed by atoms with Crippen molar-refractivity contribution >= 4 is 11.9 Å². The normalized spacial score (nSPS) is 24.5. The number of benzene rings is 1. The highest BCUT2D eigenvalue weighted by Crippen LogP contribution is 2.40. The van der Waals surface area contributed by atoms with E-state index in [0.29, 0.717) is 0 Å². The zero-order chi connectivity index (χ0) is 21.8. The van der Waals surface area contributed by atoms with Crippen molar-refractivity contribution in [3.05, 3.63) is 35.7 Å². The molecule has 3 aliphatic rings. The summed E-state index contributed by atoms with van der Waals surface area (Å²) >= 11 is 0. The Morgan fingerprint density at radius 1 is 1.10 bits per heavy atom. The number of nitrogens with zero attached hydrogens (tertiary/aromatic N) is 4. The van der Waals surface area contributed by atoms with E-state index in [1.165, 1.54) is 17.0 Å².